The summed E-state index contributed by atoms with van der Waals surface area (Å²) in [7, 11) is -4.10. The van der Waals surface area contributed by atoms with Crippen LogP contribution < -0.4 is 0 Å². The van der Waals surface area contributed by atoms with Crippen molar-refractivity contribution >= 4 is 16.4 Å². The Morgan fingerprint density at radius 2 is 2.00 bits per heavy atom. The van der Waals surface area contributed by atoms with Gasteiger partial charge < -0.3 is 4.74 Å². The quantitative estimate of drug-likeness (QED) is 0.734. The van der Waals surface area contributed by atoms with Gasteiger partial charge in [-0.1, -0.05) is 24.3 Å². The van der Waals surface area contributed by atoms with Gasteiger partial charge in [0.25, 0.3) is 0 Å². The number of fused-ring (bicyclic) bond motifs is 3. The Bertz CT molecular complexity index is 692. The van der Waals surface area contributed by atoms with Crippen LogP contribution in [0.1, 0.15) is 37.9 Å². The Hall–Kier alpha value is -1.60. The molecule has 0 aromatic heterocycles. The van der Waals surface area contributed by atoms with Crippen molar-refractivity contribution in [3.8, 4) is 0 Å². The maximum Gasteiger partial charge on any atom is 0.426 e. The normalized spacial score (nSPS) is 26.3. The van der Waals surface area contributed by atoms with Crippen LogP contribution in [0.5, 0.6) is 0 Å². The van der Waals surface area contributed by atoms with E-state index in [-0.39, 0.29) is 0 Å². The van der Waals surface area contributed by atoms with E-state index in [9.17, 15) is 13.2 Å². The molecule has 21 heavy (non-hydrogen) atoms. The van der Waals surface area contributed by atoms with Gasteiger partial charge in [-0.3, -0.25) is 0 Å². The number of hydrogen-bond donors (Lipinski definition) is 0. The molecule has 3 rings (SSSR count). The summed E-state index contributed by atoms with van der Waals surface area (Å²) in [6.07, 6.45) is -0.994. The number of amides is 1. The first-order chi connectivity index (χ1) is 9.69. The van der Waals surface area contributed by atoms with Crippen LogP contribution in [0, 0.1) is 0 Å². The minimum Gasteiger partial charge on any atom is -0.443 e. The topological polar surface area (TPSA) is 72.9 Å². The van der Waals surface area contributed by atoms with Crippen molar-refractivity contribution in [2.45, 2.75) is 44.9 Å². The summed E-state index contributed by atoms with van der Waals surface area (Å²) in [5, 5.41) is 0. The molecule has 1 fully saturated rings. The lowest BCUT2D eigenvalue weighted by molar-refractivity contribution is 0.0342. The second-order valence-corrected chi connectivity index (χ2v) is 7.66. The van der Waals surface area contributed by atoms with Crippen molar-refractivity contribution in [3.05, 3.63) is 35.4 Å². The van der Waals surface area contributed by atoms with Gasteiger partial charge in [-0.25, -0.2) is 8.98 Å². The van der Waals surface area contributed by atoms with Crippen LogP contribution in [-0.4, -0.2) is 30.5 Å². The van der Waals surface area contributed by atoms with E-state index < -0.39 is 34.1 Å². The molecule has 1 aliphatic carbocycles. The fourth-order valence-corrected chi connectivity index (χ4v) is 4.08. The van der Waals surface area contributed by atoms with Crippen LogP contribution in [0.15, 0.2) is 24.3 Å². The number of nitrogens with zero attached hydrogens (tertiary/aromatic N) is 1. The van der Waals surface area contributed by atoms with E-state index >= 15 is 0 Å². The number of benzene rings is 1. The van der Waals surface area contributed by atoms with E-state index in [4.69, 9.17) is 8.92 Å². The maximum absolute atomic E-state index is 12.3. The predicted octanol–water partition coefficient (Wildman–Crippen LogP) is 2.16. The molecule has 1 aromatic rings. The Morgan fingerprint density at radius 1 is 1.33 bits per heavy atom. The first kappa shape index (κ1) is 14.3. The molecule has 1 aromatic carbocycles. The van der Waals surface area contributed by atoms with E-state index in [1.165, 1.54) is 0 Å². The van der Waals surface area contributed by atoms with E-state index in [1.807, 2.05) is 24.3 Å². The zero-order chi connectivity index (χ0) is 15.4. The average molecular weight is 311 g/mol. The summed E-state index contributed by atoms with van der Waals surface area (Å²) in [6.45, 7) is 5.07. The molecule has 1 amide bonds. The highest BCUT2D eigenvalue weighted by Crippen LogP contribution is 2.45. The Balaban J connectivity index is 2.00. The van der Waals surface area contributed by atoms with Crippen LogP contribution >= 0.6 is 0 Å². The number of rotatable bonds is 0. The third-order valence-corrected chi connectivity index (χ3v) is 4.81. The zero-order valence-corrected chi connectivity index (χ0v) is 12.9. The highest BCUT2D eigenvalue weighted by Gasteiger charge is 2.54. The maximum atomic E-state index is 12.3. The van der Waals surface area contributed by atoms with Crippen LogP contribution in [0.2, 0.25) is 0 Å². The molecule has 0 radical (unpaired) electrons. The molecule has 0 spiro atoms. The average Bonchev–Trinajstić information content (AvgIpc) is 2.76. The van der Waals surface area contributed by atoms with E-state index in [2.05, 4.69) is 0 Å². The Labute approximate surface area is 123 Å². The van der Waals surface area contributed by atoms with E-state index in [0.717, 1.165) is 15.4 Å². The highest BCUT2D eigenvalue weighted by molar-refractivity contribution is 7.85. The smallest absolute Gasteiger partial charge is 0.426 e. The molecule has 2 atom stereocenters. The molecule has 0 unspecified atom stereocenters. The number of carbonyl (C=O) groups excluding carboxylic acids is 1. The second-order valence-electron chi connectivity index (χ2n) is 6.22. The lowest BCUT2D eigenvalue weighted by atomic mass is 10.1. The minimum absolute atomic E-state index is 0.472. The fraction of sp³-hybridized carbons (Fsp3) is 0.500. The number of carbonyl (C=O) groups is 1. The predicted molar refractivity (Wildman–Crippen MR) is 74.8 cm³/mol. The minimum atomic E-state index is -4.10. The highest BCUT2D eigenvalue weighted by atomic mass is 32.2. The molecule has 7 heteroatoms. The first-order valence-corrected chi connectivity index (χ1v) is 8.09. The van der Waals surface area contributed by atoms with Gasteiger partial charge in [-0.05, 0) is 31.9 Å². The van der Waals surface area contributed by atoms with Crippen LogP contribution in [0.4, 0.5) is 4.79 Å². The monoisotopic (exact) mass is 311 g/mol. The summed E-state index contributed by atoms with van der Waals surface area (Å²) < 4.78 is 35.3. The number of hydrogen-bond acceptors (Lipinski definition) is 5. The van der Waals surface area contributed by atoms with Crippen LogP contribution in [0.3, 0.4) is 0 Å². The van der Waals surface area contributed by atoms with Gasteiger partial charge in [0.2, 0.25) is 0 Å². The Morgan fingerprint density at radius 3 is 2.67 bits per heavy atom. The van der Waals surface area contributed by atoms with Crippen molar-refractivity contribution in [3.63, 3.8) is 0 Å². The molecule has 1 aliphatic heterocycles. The molecular formula is C14H17NO5S. The molecule has 6 nitrogen and oxygen atoms in total. The summed E-state index contributed by atoms with van der Waals surface area (Å²) >= 11 is 0. The lowest BCUT2D eigenvalue weighted by Gasteiger charge is -2.25. The van der Waals surface area contributed by atoms with Crippen LogP contribution in [-0.2, 0) is 25.6 Å². The van der Waals surface area contributed by atoms with Gasteiger partial charge >= 0.3 is 16.4 Å². The van der Waals surface area contributed by atoms with E-state index in [0.29, 0.717) is 6.42 Å². The second kappa shape index (κ2) is 4.45. The van der Waals surface area contributed by atoms with Gasteiger partial charge in [0.15, 0.2) is 0 Å². The number of ether oxygens (including phenoxy) is 1. The van der Waals surface area contributed by atoms with Crippen molar-refractivity contribution in [1.29, 1.82) is 0 Å². The molecule has 114 valence electrons. The van der Waals surface area contributed by atoms with Gasteiger partial charge in [-0.15, -0.1) is 0 Å². The molecule has 0 bridgehead atoms. The summed E-state index contributed by atoms with van der Waals surface area (Å²) in [5.74, 6) is 0. The molecule has 0 N–H and O–H groups in total. The standard InChI is InChI=1S/C14H17NO5S/c1-14(2,3)19-13(16)15-12-10-7-5-4-6-9(10)8-11(12)20-21(15,17)18/h4-7,11-12H,8H2,1-3H3/t11-,12+/m1/s1. The molecule has 2 aliphatic rings. The van der Waals surface area contributed by atoms with Gasteiger partial charge in [0.05, 0.1) is 0 Å². The zero-order valence-electron chi connectivity index (χ0n) is 12.1. The van der Waals surface area contributed by atoms with Crippen molar-refractivity contribution in [2.75, 3.05) is 0 Å². The fourth-order valence-electron chi connectivity index (χ4n) is 2.75. The molecule has 1 heterocycles. The molecular weight excluding hydrogens is 294 g/mol. The van der Waals surface area contributed by atoms with Crippen molar-refractivity contribution in [2.24, 2.45) is 0 Å². The SMILES string of the molecule is CC(C)(C)OC(=O)N1[C@H]2c3ccccc3C[C@H]2OS1(=O)=O. The van der Waals surface area contributed by atoms with E-state index in [1.54, 1.807) is 20.8 Å². The van der Waals surface area contributed by atoms with Gasteiger partial charge in [0.1, 0.15) is 17.7 Å². The first-order valence-electron chi connectivity index (χ1n) is 6.72. The van der Waals surface area contributed by atoms with Crippen LogP contribution in [0.25, 0.3) is 0 Å². The van der Waals surface area contributed by atoms with Crippen molar-refractivity contribution < 1.29 is 22.1 Å². The summed E-state index contributed by atoms with van der Waals surface area (Å²) in [4.78, 5) is 12.3. The third-order valence-electron chi connectivity index (χ3n) is 3.46. The summed E-state index contributed by atoms with van der Waals surface area (Å²) in [5.41, 5.74) is 1.02. The van der Waals surface area contributed by atoms with Crippen molar-refractivity contribution in [1.82, 2.24) is 4.31 Å². The Kier molecular flexibility index (Phi) is 3.04. The lowest BCUT2D eigenvalue weighted by Crippen LogP contribution is -2.39. The summed E-state index contributed by atoms with van der Waals surface area (Å²) in [6, 6.07) is 6.80. The van der Waals surface area contributed by atoms with Gasteiger partial charge in [-0.2, -0.15) is 12.7 Å². The largest absolute Gasteiger partial charge is 0.443 e. The van der Waals surface area contributed by atoms with Gasteiger partial charge in [0, 0.05) is 6.42 Å². The third kappa shape index (κ3) is 2.40. The molecule has 1 saturated heterocycles. The molecule has 0 saturated carbocycles.